The van der Waals surface area contributed by atoms with Crippen molar-refractivity contribution in [3.63, 3.8) is 0 Å². The van der Waals surface area contributed by atoms with E-state index in [1.165, 1.54) is 5.56 Å². The van der Waals surface area contributed by atoms with Gasteiger partial charge in [-0.25, -0.2) is 4.79 Å². The predicted octanol–water partition coefficient (Wildman–Crippen LogP) is 5.01. The van der Waals surface area contributed by atoms with Crippen molar-refractivity contribution < 1.29 is 4.79 Å². The lowest BCUT2D eigenvalue weighted by Crippen LogP contribution is -2.34. The molecule has 1 aliphatic heterocycles. The van der Waals surface area contributed by atoms with Crippen molar-refractivity contribution in [2.75, 3.05) is 16.8 Å². The second kappa shape index (κ2) is 6.92. The van der Waals surface area contributed by atoms with Crippen LogP contribution in [-0.4, -0.2) is 12.6 Å². The average Bonchev–Trinajstić information content (AvgIpc) is 3.03. The van der Waals surface area contributed by atoms with E-state index in [2.05, 4.69) is 39.8 Å². The lowest BCUT2D eigenvalue weighted by molar-refractivity contribution is 0.249. The lowest BCUT2D eigenvalue weighted by atomic mass is 10.1. The number of para-hydroxylation sites is 2. The summed E-state index contributed by atoms with van der Waals surface area (Å²) in [6.07, 6.45) is 0. The maximum absolute atomic E-state index is 12.5. The second-order valence-electron chi connectivity index (χ2n) is 6.52. The molecule has 130 valence electrons. The number of urea groups is 1. The van der Waals surface area contributed by atoms with E-state index in [0.717, 1.165) is 22.6 Å². The van der Waals surface area contributed by atoms with Gasteiger partial charge in [0.05, 0.1) is 6.04 Å². The van der Waals surface area contributed by atoms with Crippen LogP contribution < -0.4 is 15.5 Å². The highest BCUT2D eigenvalue weighted by molar-refractivity contribution is 5.90. The number of benzene rings is 3. The van der Waals surface area contributed by atoms with Crippen LogP contribution in [0.3, 0.4) is 0 Å². The molecule has 0 radical (unpaired) electrons. The van der Waals surface area contributed by atoms with E-state index in [1.54, 1.807) is 0 Å². The number of amides is 2. The van der Waals surface area contributed by atoms with Gasteiger partial charge < -0.3 is 15.5 Å². The molecule has 4 heteroatoms. The topological polar surface area (TPSA) is 44.4 Å². The Morgan fingerprint density at radius 3 is 2.38 bits per heavy atom. The molecule has 0 aromatic heterocycles. The van der Waals surface area contributed by atoms with Gasteiger partial charge in [0.25, 0.3) is 0 Å². The Morgan fingerprint density at radius 2 is 1.62 bits per heavy atom. The Morgan fingerprint density at radius 1 is 0.923 bits per heavy atom. The number of rotatable bonds is 3. The Hall–Kier alpha value is -3.27. The van der Waals surface area contributed by atoms with Gasteiger partial charge in [-0.2, -0.15) is 0 Å². The maximum Gasteiger partial charge on any atom is 0.319 e. The molecule has 0 aliphatic carbocycles. The van der Waals surface area contributed by atoms with E-state index in [1.807, 2.05) is 61.5 Å². The van der Waals surface area contributed by atoms with Crippen LogP contribution in [0.2, 0.25) is 0 Å². The molecule has 1 heterocycles. The van der Waals surface area contributed by atoms with E-state index in [-0.39, 0.29) is 12.1 Å². The minimum Gasteiger partial charge on any atom is -0.339 e. The van der Waals surface area contributed by atoms with Crippen molar-refractivity contribution in [2.45, 2.75) is 13.0 Å². The molecule has 0 fully saturated rings. The van der Waals surface area contributed by atoms with Crippen molar-refractivity contribution in [1.29, 1.82) is 0 Å². The summed E-state index contributed by atoms with van der Waals surface area (Å²) in [4.78, 5) is 14.7. The molecule has 2 N–H and O–H groups in total. The highest BCUT2D eigenvalue weighted by atomic mass is 16.2. The normalized spacial score (nSPS) is 15.4. The Bertz CT molecular complexity index is 906. The second-order valence-corrected chi connectivity index (χ2v) is 6.52. The summed E-state index contributed by atoms with van der Waals surface area (Å²) in [7, 11) is 0. The van der Waals surface area contributed by atoms with E-state index < -0.39 is 0 Å². The summed E-state index contributed by atoms with van der Waals surface area (Å²) in [6.45, 7) is 2.74. The molecule has 4 rings (SSSR count). The number of nitrogens with one attached hydrogen (secondary N) is 2. The quantitative estimate of drug-likeness (QED) is 0.702. The zero-order valence-electron chi connectivity index (χ0n) is 14.6. The van der Waals surface area contributed by atoms with E-state index >= 15 is 0 Å². The van der Waals surface area contributed by atoms with Gasteiger partial charge in [0, 0.05) is 23.6 Å². The number of hydrogen-bond donors (Lipinski definition) is 2. The lowest BCUT2D eigenvalue weighted by Gasteiger charge is -2.20. The largest absolute Gasteiger partial charge is 0.339 e. The molecule has 3 aromatic carbocycles. The van der Waals surface area contributed by atoms with Crippen molar-refractivity contribution in [3.05, 3.63) is 90.0 Å². The predicted molar refractivity (Wildman–Crippen MR) is 106 cm³/mol. The summed E-state index contributed by atoms with van der Waals surface area (Å²) in [5.74, 6) is 0. The maximum atomic E-state index is 12.5. The SMILES string of the molecule is Cc1ccc(NC(=O)NC2CN(c3ccccc3)c3ccccc32)cc1. The third-order valence-electron chi connectivity index (χ3n) is 4.65. The Balaban J connectivity index is 1.52. The van der Waals surface area contributed by atoms with Crippen molar-refractivity contribution in [1.82, 2.24) is 5.32 Å². The van der Waals surface area contributed by atoms with Gasteiger partial charge in [0.15, 0.2) is 0 Å². The average molecular weight is 343 g/mol. The third kappa shape index (κ3) is 3.26. The molecule has 0 saturated carbocycles. The van der Waals surface area contributed by atoms with Crippen molar-refractivity contribution in [2.24, 2.45) is 0 Å². The first-order chi connectivity index (χ1) is 12.7. The van der Waals surface area contributed by atoms with Gasteiger partial charge in [-0.15, -0.1) is 0 Å². The minimum absolute atomic E-state index is 0.0585. The summed E-state index contributed by atoms with van der Waals surface area (Å²) < 4.78 is 0. The monoisotopic (exact) mass is 343 g/mol. The van der Waals surface area contributed by atoms with Crippen LogP contribution in [-0.2, 0) is 0 Å². The Labute approximate surface area is 153 Å². The van der Waals surface area contributed by atoms with Gasteiger partial charge in [0.2, 0.25) is 0 Å². The minimum atomic E-state index is -0.191. The molecule has 4 nitrogen and oxygen atoms in total. The fourth-order valence-electron chi connectivity index (χ4n) is 3.35. The molecule has 1 aliphatic rings. The molecule has 0 bridgehead atoms. The summed E-state index contributed by atoms with van der Waals surface area (Å²) >= 11 is 0. The van der Waals surface area contributed by atoms with Crippen LogP contribution in [0.4, 0.5) is 21.9 Å². The number of hydrogen-bond acceptors (Lipinski definition) is 2. The highest BCUT2D eigenvalue weighted by Crippen LogP contribution is 2.39. The van der Waals surface area contributed by atoms with Crippen LogP contribution in [0.25, 0.3) is 0 Å². The molecule has 2 amide bonds. The summed E-state index contributed by atoms with van der Waals surface area (Å²) in [5.41, 5.74) is 5.36. The van der Waals surface area contributed by atoms with Gasteiger partial charge in [-0.1, -0.05) is 54.1 Å². The van der Waals surface area contributed by atoms with E-state index in [0.29, 0.717) is 6.54 Å². The van der Waals surface area contributed by atoms with E-state index in [4.69, 9.17) is 0 Å². The first-order valence-electron chi connectivity index (χ1n) is 8.76. The smallest absolute Gasteiger partial charge is 0.319 e. The molecule has 0 saturated heterocycles. The number of fused-ring (bicyclic) bond motifs is 1. The van der Waals surface area contributed by atoms with Gasteiger partial charge in [0.1, 0.15) is 0 Å². The number of aryl methyl sites for hydroxylation is 1. The standard InChI is InChI=1S/C22H21N3O/c1-16-11-13-17(14-12-16)23-22(26)24-20-15-25(18-7-3-2-4-8-18)21-10-6-5-9-19(20)21/h2-14,20H,15H2,1H3,(H2,23,24,26). The van der Waals surface area contributed by atoms with Gasteiger partial charge in [-0.05, 0) is 42.8 Å². The Kier molecular flexibility index (Phi) is 4.32. The summed E-state index contributed by atoms with van der Waals surface area (Å²) in [6, 6.07) is 26.0. The molecular weight excluding hydrogens is 322 g/mol. The van der Waals surface area contributed by atoms with Gasteiger partial charge in [-0.3, -0.25) is 0 Å². The molecule has 1 unspecified atom stereocenters. The van der Waals surface area contributed by atoms with Crippen LogP contribution >= 0.6 is 0 Å². The molecule has 26 heavy (non-hydrogen) atoms. The number of carbonyl (C=O) groups is 1. The summed E-state index contributed by atoms with van der Waals surface area (Å²) in [5, 5.41) is 6.02. The zero-order chi connectivity index (χ0) is 17.9. The number of carbonyl (C=O) groups excluding carboxylic acids is 1. The number of nitrogens with zero attached hydrogens (tertiary/aromatic N) is 1. The van der Waals surface area contributed by atoms with Crippen LogP contribution in [0.1, 0.15) is 17.2 Å². The number of anilines is 3. The van der Waals surface area contributed by atoms with Crippen LogP contribution in [0.5, 0.6) is 0 Å². The molecule has 1 atom stereocenters. The van der Waals surface area contributed by atoms with Crippen LogP contribution in [0, 0.1) is 6.92 Å². The first-order valence-corrected chi connectivity index (χ1v) is 8.76. The zero-order valence-corrected chi connectivity index (χ0v) is 14.6. The van der Waals surface area contributed by atoms with E-state index in [9.17, 15) is 4.79 Å². The molecule has 3 aromatic rings. The fraction of sp³-hybridized carbons (Fsp3) is 0.136. The fourth-order valence-corrected chi connectivity index (χ4v) is 3.35. The van der Waals surface area contributed by atoms with Gasteiger partial charge >= 0.3 is 6.03 Å². The van der Waals surface area contributed by atoms with Crippen LogP contribution in [0.15, 0.2) is 78.9 Å². The highest BCUT2D eigenvalue weighted by Gasteiger charge is 2.30. The van der Waals surface area contributed by atoms with Crippen molar-refractivity contribution in [3.8, 4) is 0 Å². The molecular formula is C22H21N3O. The molecule has 0 spiro atoms. The third-order valence-corrected chi connectivity index (χ3v) is 4.65. The van der Waals surface area contributed by atoms with Crippen molar-refractivity contribution >= 4 is 23.1 Å². The first kappa shape index (κ1) is 16.2.